The molecule has 0 aromatic carbocycles. The molecule has 2 rings (SSSR count). The van der Waals surface area contributed by atoms with Crippen LogP contribution >= 0.6 is 0 Å². The molecule has 0 unspecified atom stereocenters. The fourth-order valence-electron chi connectivity index (χ4n) is 3.62. The maximum Gasteiger partial charge on any atom is 0.317 e. The minimum Gasteiger partial charge on any atom is -0.481 e. The predicted molar refractivity (Wildman–Crippen MR) is 81.2 cm³/mol. The van der Waals surface area contributed by atoms with Crippen LogP contribution in [0.1, 0.15) is 64.2 Å². The van der Waals surface area contributed by atoms with Crippen molar-refractivity contribution in [2.24, 2.45) is 5.92 Å². The summed E-state index contributed by atoms with van der Waals surface area (Å²) in [5.74, 6) is -0.0377. The van der Waals surface area contributed by atoms with Crippen LogP contribution in [0.2, 0.25) is 0 Å². The smallest absolute Gasteiger partial charge is 0.317 e. The Hall–Kier alpha value is -1.26. The first-order chi connectivity index (χ1) is 10.0. The van der Waals surface area contributed by atoms with Gasteiger partial charge in [-0.25, -0.2) is 4.79 Å². The molecule has 5 nitrogen and oxygen atoms in total. The summed E-state index contributed by atoms with van der Waals surface area (Å²) in [4.78, 5) is 25.2. The second kappa shape index (κ2) is 7.14. The van der Waals surface area contributed by atoms with Crippen molar-refractivity contribution in [1.82, 2.24) is 10.2 Å². The molecule has 2 N–H and O–H groups in total. The summed E-state index contributed by atoms with van der Waals surface area (Å²) in [5, 5.41) is 12.2. The molecule has 0 aromatic rings. The number of carbonyl (C=O) groups is 2. The number of carbonyl (C=O) groups excluding carboxylic acids is 1. The second-order valence-electron chi connectivity index (χ2n) is 6.73. The van der Waals surface area contributed by atoms with E-state index in [9.17, 15) is 14.7 Å². The molecule has 0 bridgehead atoms. The summed E-state index contributed by atoms with van der Waals surface area (Å²) < 4.78 is 0. The number of amides is 2. The molecule has 2 fully saturated rings. The van der Waals surface area contributed by atoms with E-state index in [0.29, 0.717) is 6.54 Å². The number of nitrogens with one attached hydrogen (secondary N) is 1. The van der Waals surface area contributed by atoms with Gasteiger partial charge in [0.2, 0.25) is 0 Å². The third kappa shape index (κ3) is 4.11. The maximum atomic E-state index is 12.3. The van der Waals surface area contributed by atoms with Crippen molar-refractivity contribution >= 4 is 12.0 Å². The molecule has 5 heteroatoms. The average molecular weight is 296 g/mol. The molecule has 2 amide bonds. The number of hydrogen-bond donors (Lipinski definition) is 2. The number of carboxylic acid groups (broad SMARTS) is 1. The van der Waals surface area contributed by atoms with Crippen LogP contribution in [0.3, 0.4) is 0 Å². The van der Waals surface area contributed by atoms with Gasteiger partial charge in [0, 0.05) is 13.6 Å². The van der Waals surface area contributed by atoms with E-state index in [2.05, 4.69) is 5.32 Å². The fourth-order valence-corrected chi connectivity index (χ4v) is 3.62. The highest BCUT2D eigenvalue weighted by molar-refractivity contribution is 5.76. The molecule has 0 aliphatic heterocycles. The van der Waals surface area contributed by atoms with Crippen LogP contribution in [-0.2, 0) is 4.79 Å². The molecular formula is C16H28N2O3. The molecule has 21 heavy (non-hydrogen) atoms. The number of aliphatic carboxylic acids is 1. The van der Waals surface area contributed by atoms with Crippen molar-refractivity contribution in [2.45, 2.75) is 69.7 Å². The zero-order valence-corrected chi connectivity index (χ0v) is 13.1. The van der Waals surface area contributed by atoms with E-state index in [1.54, 1.807) is 11.9 Å². The third-order valence-electron chi connectivity index (χ3n) is 5.33. The highest BCUT2D eigenvalue weighted by atomic mass is 16.4. The number of nitrogens with zero attached hydrogens (tertiary/aromatic N) is 1. The quantitative estimate of drug-likeness (QED) is 0.791. The highest BCUT2D eigenvalue weighted by Gasteiger charge is 2.40. The Bertz CT molecular complexity index is 374. The van der Waals surface area contributed by atoms with Crippen LogP contribution in [-0.4, -0.2) is 41.1 Å². The average Bonchev–Trinajstić information content (AvgIpc) is 2.40. The van der Waals surface area contributed by atoms with E-state index in [1.807, 2.05) is 0 Å². The second-order valence-corrected chi connectivity index (χ2v) is 6.73. The number of urea groups is 1. The lowest BCUT2D eigenvalue weighted by atomic mass is 9.78. The van der Waals surface area contributed by atoms with E-state index in [1.165, 1.54) is 19.3 Å². The van der Waals surface area contributed by atoms with E-state index in [4.69, 9.17) is 0 Å². The van der Waals surface area contributed by atoms with Gasteiger partial charge in [0.1, 0.15) is 0 Å². The van der Waals surface area contributed by atoms with E-state index < -0.39 is 11.5 Å². The summed E-state index contributed by atoms with van der Waals surface area (Å²) in [6.45, 7) is 0.705. The lowest BCUT2D eigenvalue weighted by molar-refractivity contribution is -0.140. The molecule has 2 aliphatic rings. The Balaban J connectivity index is 1.87. The van der Waals surface area contributed by atoms with E-state index >= 15 is 0 Å². The Morgan fingerprint density at radius 3 is 2.38 bits per heavy atom. The summed E-state index contributed by atoms with van der Waals surface area (Å²) in [6.07, 6.45) is 9.74. The minimum absolute atomic E-state index is 0.0551. The summed E-state index contributed by atoms with van der Waals surface area (Å²) in [7, 11) is 1.76. The normalized spacial score (nSPS) is 21.4. The Labute approximate surface area is 127 Å². The molecule has 0 atom stereocenters. The van der Waals surface area contributed by atoms with Crippen LogP contribution < -0.4 is 5.32 Å². The molecule has 2 saturated carbocycles. The largest absolute Gasteiger partial charge is 0.481 e. The van der Waals surface area contributed by atoms with Gasteiger partial charge >= 0.3 is 12.0 Å². The standard InChI is InChI=1S/C16H28N2O3/c1-18(15(21)17-11-8-13-6-5-7-13)16(12-14(19)20)9-3-2-4-10-16/h13H,2-12H2,1H3,(H,17,21)(H,19,20). The van der Waals surface area contributed by atoms with Crippen LogP contribution in [0.15, 0.2) is 0 Å². The van der Waals surface area contributed by atoms with Gasteiger partial charge in [-0.05, 0) is 25.2 Å². The number of hydrogen-bond acceptors (Lipinski definition) is 2. The molecule has 0 spiro atoms. The van der Waals surface area contributed by atoms with Crippen molar-refractivity contribution in [3.05, 3.63) is 0 Å². The maximum absolute atomic E-state index is 12.3. The Morgan fingerprint density at radius 1 is 1.19 bits per heavy atom. The monoisotopic (exact) mass is 296 g/mol. The highest BCUT2D eigenvalue weighted by Crippen LogP contribution is 2.36. The van der Waals surface area contributed by atoms with Crippen LogP contribution in [0.25, 0.3) is 0 Å². The van der Waals surface area contributed by atoms with Gasteiger partial charge in [0.05, 0.1) is 12.0 Å². The van der Waals surface area contributed by atoms with Gasteiger partial charge in [-0.15, -0.1) is 0 Å². The van der Waals surface area contributed by atoms with Gasteiger partial charge in [-0.1, -0.05) is 38.5 Å². The van der Waals surface area contributed by atoms with E-state index in [0.717, 1.165) is 44.4 Å². The zero-order valence-electron chi connectivity index (χ0n) is 13.1. The molecule has 0 saturated heterocycles. The van der Waals surface area contributed by atoms with Gasteiger partial charge in [-0.3, -0.25) is 4.79 Å². The topological polar surface area (TPSA) is 69.6 Å². The molecule has 0 radical (unpaired) electrons. The minimum atomic E-state index is -0.814. The summed E-state index contributed by atoms with van der Waals surface area (Å²) in [5.41, 5.74) is -0.495. The Morgan fingerprint density at radius 2 is 1.86 bits per heavy atom. The van der Waals surface area contributed by atoms with Crippen LogP contribution in [0, 0.1) is 5.92 Å². The summed E-state index contributed by atoms with van der Waals surface area (Å²) in [6, 6.07) is -0.113. The van der Waals surface area contributed by atoms with Crippen molar-refractivity contribution in [3.63, 3.8) is 0 Å². The number of carboxylic acids is 1. The van der Waals surface area contributed by atoms with Gasteiger partial charge in [0.15, 0.2) is 0 Å². The van der Waals surface area contributed by atoms with Crippen molar-refractivity contribution in [2.75, 3.05) is 13.6 Å². The lowest BCUT2D eigenvalue weighted by Crippen LogP contribution is -2.55. The van der Waals surface area contributed by atoms with Gasteiger partial charge < -0.3 is 15.3 Å². The first-order valence-corrected chi connectivity index (χ1v) is 8.27. The first kappa shape index (κ1) is 16.1. The fraction of sp³-hybridized carbons (Fsp3) is 0.875. The molecular weight excluding hydrogens is 268 g/mol. The third-order valence-corrected chi connectivity index (χ3v) is 5.33. The first-order valence-electron chi connectivity index (χ1n) is 8.27. The lowest BCUT2D eigenvalue weighted by Gasteiger charge is -2.43. The van der Waals surface area contributed by atoms with Crippen LogP contribution in [0.5, 0.6) is 0 Å². The van der Waals surface area contributed by atoms with Crippen molar-refractivity contribution in [3.8, 4) is 0 Å². The van der Waals surface area contributed by atoms with Crippen molar-refractivity contribution in [1.29, 1.82) is 0 Å². The molecule has 120 valence electrons. The predicted octanol–water partition coefficient (Wildman–Crippen LogP) is 3.00. The number of rotatable bonds is 6. The molecule has 0 heterocycles. The SMILES string of the molecule is CN(C(=O)NCCC1CCC1)C1(CC(=O)O)CCCCC1. The zero-order chi connectivity index (χ0) is 15.3. The van der Waals surface area contributed by atoms with Crippen LogP contribution in [0.4, 0.5) is 4.79 Å². The van der Waals surface area contributed by atoms with Crippen molar-refractivity contribution < 1.29 is 14.7 Å². The van der Waals surface area contributed by atoms with Gasteiger partial charge in [0.25, 0.3) is 0 Å². The van der Waals surface area contributed by atoms with E-state index in [-0.39, 0.29) is 12.5 Å². The van der Waals surface area contributed by atoms with Gasteiger partial charge in [-0.2, -0.15) is 0 Å². The summed E-state index contributed by atoms with van der Waals surface area (Å²) >= 11 is 0. The molecule has 0 aromatic heterocycles. The Kier molecular flexibility index (Phi) is 5.48. The molecule has 2 aliphatic carbocycles.